The minimum absolute atomic E-state index is 0.0739. The van der Waals surface area contributed by atoms with Crippen LogP contribution in [0.5, 0.6) is 11.5 Å². The van der Waals surface area contributed by atoms with Crippen molar-refractivity contribution in [3.63, 3.8) is 0 Å². The van der Waals surface area contributed by atoms with Gasteiger partial charge in [-0.05, 0) is 30.7 Å². The van der Waals surface area contributed by atoms with Crippen LogP contribution in [0.15, 0.2) is 24.3 Å². The summed E-state index contributed by atoms with van der Waals surface area (Å²) in [7, 11) is 0. The van der Waals surface area contributed by atoms with Gasteiger partial charge in [0.1, 0.15) is 11.5 Å². The van der Waals surface area contributed by atoms with Crippen LogP contribution in [0, 0.1) is 0 Å². The van der Waals surface area contributed by atoms with Crippen LogP contribution >= 0.6 is 0 Å². The fourth-order valence-corrected chi connectivity index (χ4v) is 2.98. The second-order valence-corrected chi connectivity index (χ2v) is 7.32. The Kier molecular flexibility index (Phi) is 13.1. The van der Waals surface area contributed by atoms with Crippen LogP contribution in [0.3, 0.4) is 0 Å². The molecule has 29 heavy (non-hydrogen) atoms. The number of unbranched alkanes of at least 4 members (excludes halogenated alkanes) is 9. The Morgan fingerprint density at radius 2 is 1.52 bits per heavy atom. The predicted octanol–water partition coefficient (Wildman–Crippen LogP) is 4.15. The van der Waals surface area contributed by atoms with Crippen LogP contribution in [0.25, 0.3) is 0 Å². The van der Waals surface area contributed by atoms with Crippen LogP contribution in [0.2, 0.25) is 0 Å². The van der Waals surface area contributed by atoms with Crippen molar-refractivity contribution in [1.29, 1.82) is 0 Å². The van der Waals surface area contributed by atoms with E-state index in [1.54, 1.807) is 12.1 Å². The smallest absolute Gasteiger partial charge is 0.316 e. The topological polar surface area (TPSA) is 105 Å². The zero-order valence-corrected chi connectivity index (χ0v) is 17.7. The molecule has 0 saturated heterocycles. The van der Waals surface area contributed by atoms with Gasteiger partial charge in [-0.15, -0.1) is 0 Å². The Hall–Kier alpha value is -2.44. The van der Waals surface area contributed by atoms with E-state index in [-0.39, 0.29) is 24.9 Å². The highest BCUT2D eigenvalue weighted by molar-refractivity contribution is 5.78. The van der Waals surface area contributed by atoms with E-state index in [1.807, 2.05) is 0 Å². The third-order valence-corrected chi connectivity index (χ3v) is 4.77. The quantitative estimate of drug-likeness (QED) is 0.283. The van der Waals surface area contributed by atoms with Gasteiger partial charge in [0, 0.05) is 6.54 Å². The molecular formula is C22H37N3O4. The largest absolute Gasteiger partial charge is 0.508 e. The lowest BCUT2D eigenvalue weighted by atomic mass is 10.1. The van der Waals surface area contributed by atoms with Gasteiger partial charge >= 0.3 is 6.03 Å². The van der Waals surface area contributed by atoms with Crippen molar-refractivity contribution in [3.8, 4) is 11.5 Å². The van der Waals surface area contributed by atoms with Gasteiger partial charge < -0.3 is 25.8 Å². The molecule has 0 bridgehead atoms. The molecule has 7 nitrogen and oxygen atoms in total. The number of phenols is 1. The van der Waals surface area contributed by atoms with Gasteiger partial charge in [0.25, 0.3) is 5.91 Å². The second-order valence-electron chi connectivity index (χ2n) is 7.32. The van der Waals surface area contributed by atoms with Crippen molar-refractivity contribution in [1.82, 2.24) is 10.2 Å². The zero-order valence-electron chi connectivity index (χ0n) is 17.7. The van der Waals surface area contributed by atoms with E-state index in [4.69, 9.17) is 10.5 Å². The van der Waals surface area contributed by atoms with Crippen molar-refractivity contribution in [2.75, 3.05) is 19.8 Å². The summed E-state index contributed by atoms with van der Waals surface area (Å²) in [5, 5.41) is 11.9. The number of benzene rings is 1. The minimum Gasteiger partial charge on any atom is -0.508 e. The molecule has 0 atom stereocenters. The highest BCUT2D eigenvalue weighted by Crippen LogP contribution is 2.15. The summed E-state index contributed by atoms with van der Waals surface area (Å²) in [5.74, 6) is 0.272. The summed E-state index contributed by atoms with van der Waals surface area (Å²) in [6, 6.07) is 5.57. The Balaban J connectivity index is 2.11. The van der Waals surface area contributed by atoms with E-state index in [2.05, 4.69) is 12.2 Å². The monoisotopic (exact) mass is 407 g/mol. The van der Waals surface area contributed by atoms with Gasteiger partial charge in [0.15, 0.2) is 6.61 Å². The van der Waals surface area contributed by atoms with Crippen LogP contribution in [-0.4, -0.2) is 41.8 Å². The number of phenolic OH excluding ortho intramolecular Hbond substituents is 1. The molecule has 0 radical (unpaired) electrons. The van der Waals surface area contributed by atoms with E-state index in [0.29, 0.717) is 12.3 Å². The molecule has 0 saturated carbocycles. The summed E-state index contributed by atoms with van der Waals surface area (Å²) >= 11 is 0. The van der Waals surface area contributed by atoms with E-state index >= 15 is 0 Å². The fraction of sp³-hybridized carbons (Fsp3) is 0.636. The molecule has 1 aromatic rings. The average molecular weight is 408 g/mol. The highest BCUT2D eigenvalue weighted by Gasteiger charge is 2.11. The van der Waals surface area contributed by atoms with Crippen molar-refractivity contribution in [3.05, 3.63) is 24.3 Å². The van der Waals surface area contributed by atoms with Crippen LogP contribution < -0.4 is 15.8 Å². The third kappa shape index (κ3) is 12.6. The van der Waals surface area contributed by atoms with Crippen molar-refractivity contribution in [2.45, 2.75) is 71.1 Å². The van der Waals surface area contributed by atoms with Crippen LogP contribution in [0.4, 0.5) is 4.79 Å². The normalized spacial score (nSPS) is 10.5. The standard InChI is InChI=1S/C22H37N3O4/c1-2-3-4-5-6-7-8-9-10-11-16-25(22(23)28)18-24-21(27)17-29-20-14-12-19(26)13-15-20/h12-15,26H,2-11,16-18H2,1H3,(H2,23,28)(H,24,27). The minimum atomic E-state index is -0.541. The number of carbonyl (C=O) groups excluding carboxylic acids is 2. The van der Waals surface area contributed by atoms with Crippen LogP contribution in [-0.2, 0) is 4.79 Å². The van der Waals surface area contributed by atoms with E-state index in [1.165, 1.54) is 62.0 Å². The highest BCUT2D eigenvalue weighted by atomic mass is 16.5. The summed E-state index contributed by atoms with van der Waals surface area (Å²) < 4.78 is 5.32. The Morgan fingerprint density at radius 3 is 2.07 bits per heavy atom. The maximum absolute atomic E-state index is 11.9. The number of nitrogens with two attached hydrogens (primary N) is 1. The number of carbonyl (C=O) groups is 2. The number of nitrogens with zero attached hydrogens (tertiary/aromatic N) is 1. The molecule has 0 unspecified atom stereocenters. The molecule has 3 amide bonds. The molecule has 0 aliphatic rings. The number of urea groups is 1. The molecule has 0 heterocycles. The van der Waals surface area contributed by atoms with Gasteiger partial charge in [0.2, 0.25) is 0 Å². The summed E-state index contributed by atoms with van der Waals surface area (Å²) in [5.41, 5.74) is 5.40. The molecule has 0 spiro atoms. The number of ether oxygens (including phenoxy) is 1. The summed E-state index contributed by atoms with van der Waals surface area (Å²) in [4.78, 5) is 24.9. The van der Waals surface area contributed by atoms with Gasteiger partial charge in [-0.3, -0.25) is 4.79 Å². The Morgan fingerprint density at radius 1 is 0.966 bits per heavy atom. The summed E-state index contributed by atoms with van der Waals surface area (Å²) in [6.07, 6.45) is 12.2. The number of amides is 3. The number of hydrogen-bond donors (Lipinski definition) is 3. The number of aromatic hydroxyl groups is 1. The first-order valence-electron chi connectivity index (χ1n) is 10.8. The lowest BCUT2D eigenvalue weighted by Crippen LogP contribution is -2.45. The van der Waals surface area contributed by atoms with Crippen molar-refractivity contribution in [2.24, 2.45) is 5.73 Å². The molecule has 0 fully saturated rings. The van der Waals surface area contributed by atoms with Gasteiger partial charge in [0.05, 0.1) is 6.67 Å². The van der Waals surface area contributed by atoms with Gasteiger partial charge in [-0.2, -0.15) is 0 Å². The van der Waals surface area contributed by atoms with E-state index < -0.39 is 6.03 Å². The predicted molar refractivity (Wildman–Crippen MR) is 115 cm³/mol. The van der Waals surface area contributed by atoms with Crippen molar-refractivity contribution < 1.29 is 19.4 Å². The number of hydrogen-bond acceptors (Lipinski definition) is 4. The third-order valence-electron chi connectivity index (χ3n) is 4.77. The average Bonchev–Trinajstić information content (AvgIpc) is 2.70. The SMILES string of the molecule is CCCCCCCCCCCCN(CNC(=O)COc1ccc(O)cc1)C(N)=O. The lowest BCUT2D eigenvalue weighted by Gasteiger charge is -2.20. The second kappa shape index (κ2) is 15.5. The molecule has 0 aromatic heterocycles. The number of rotatable bonds is 16. The first-order valence-corrected chi connectivity index (χ1v) is 10.8. The molecule has 4 N–H and O–H groups in total. The van der Waals surface area contributed by atoms with Gasteiger partial charge in [-0.25, -0.2) is 4.79 Å². The zero-order chi connectivity index (χ0) is 21.3. The van der Waals surface area contributed by atoms with Crippen LogP contribution in [0.1, 0.15) is 71.1 Å². The lowest BCUT2D eigenvalue weighted by molar-refractivity contribution is -0.123. The first kappa shape index (κ1) is 24.6. The fourth-order valence-electron chi connectivity index (χ4n) is 2.98. The Labute approximate surface area is 174 Å². The molecule has 1 rings (SSSR count). The molecule has 164 valence electrons. The molecule has 0 aliphatic heterocycles. The van der Waals surface area contributed by atoms with E-state index in [0.717, 1.165) is 19.3 Å². The van der Waals surface area contributed by atoms with E-state index in [9.17, 15) is 14.7 Å². The number of nitrogens with one attached hydrogen (secondary N) is 1. The number of primary amides is 1. The molecule has 7 heteroatoms. The maximum atomic E-state index is 11.9. The van der Waals surface area contributed by atoms with Crippen molar-refractivity contribution >= 4 is 11.9 Å². The summed E-state index contributed by atoms with van der Waals surface area (Å²) in [6.45, 7) is 2.66. The molecule has 0 aliphatic carbocycles. The van der Waals surface area contributed by atoms with Gasteiger partial charge in [-0.1, -0.05) is 64.7 Å². The Bertz CT molecular complexity index is 578. The molecule has 1 aromatic carbocycles. The first-order chi connectivity index (χ1) is 14.0. The maximum Gasteiger partial charge on any atom is 0.316 e. The molecular weight excluding hydrogens is 370 g/mol.